The standard InChI is InChI=1S/C12H8BrF5O/c13-8-2-1-3-9-4-6-10(7-5-9)19-12(17,18)11(14,15)16/h4-7H,2,8H2. The highest BCUT2D eigenvalue weighted by molar-refractivity contribution is 9.09. The molecule has 0 amide bonds. The summed E-state index contributed by atoms with van der Waals surface area (Å²) in [6.45, 7) is 0. The molecule has 0 spiro atoms. The predicted octanol–water partition coefficient (Wildman–Crippen LogP) is 4.36. The zero-order valence-electron chi connectivity index (χ0n) is 9.40. The molecule has 0 saturated heterocycles. The van der Waals surface area contributed by atoms with E-state index in [0.29, 0.717) is 17.3 Å². The van der Waals surface area contributed by atoms with Gasteiger partial charge < -0.3 is 4.74 Å². The summed E-state index contributed by atoms with van der Waals surface area (Å²) in [5.74, 6) is 4.92. The van der Waals surface area contributed by atoms with Crippen LogP contribution in [0.25, 0.3) is 0 Å². The van der Waals surface area contributed by atoms with Crippen LogP contribution < -0.4 is 4.74 Å². The van der Waals surface area contributed by atoms with Crippen LogP contribution in [0.4, 0.5) is 22.0 Å². The van der Waals surface area contributed by atoms with Crippen LogP contribution in [0.5, 0.6) is 5.75 Å². The molecule has 0 aromatic heterocycles. The summed E-state index contributed by atoms with van der Waals surface area (Å²) in [4.78, 5) is 0. The smallest absolute Gasteiger partial charge is 0.426 e. The maximum atomic E-state index is 12.6. The number of halogens is 6. The highest BCUT2D eigenvalue weighted by Gasteiger charge is 2.61. The second kappa shape index (κ2) is 6.24. The van der Waals surface area contributed by atoms with Crippen LogP contribution >= 0.6 is 15.9 Å². The van der Waals surface area contributed by atoms with Crippen molar-refractivity contribution in [1.82, 2.24) is 0 Å². The van der Waals surface area contributed by atoms with Gasteiger partial charge in [-0.2, -0.15) is 22.0 Å². The summed E-state index contributed by atoms with van der Waals surface area (Å²) in [5.41, 5.74) is 0.503. The number of hydrogen-bond acceptors (Lipinski definition) is 1. The van der Waals surface area contributed by atoms with E-state index in [4.69, 9.17) is 0 Å². The molecule has 1 nitrogen and oxygen atoms in total. The number of rotatable bonds is 3. The van der Waals surface area contributed by atoms with Crippen LogP contribution in [-0.4, -0.2) is 17.6 Å². The fraction of sp³-hybridized carbons (Fsp3) is 0.333. The Morgan fingerprint density at radius 3 is 2.11 bits per heavy atom. The molecule has 1 rings (SSSR count). The highest BCUT2D eigenvalue weighted by Crippen LogP contribution is 2.37. The van der Waals surface area contributed by atoms with Gasteiger partial charge in [0.1, 0.15) is 5.75 Å². The lowest BCUT2D eigenvalue weighted by atomic mass is 10.2. The number of ether oxygens (including phenoxy) is 1. The van der Waals surface area contributed by atoms with Crippen LogP contribution in [0.1, 0.15) is 12.0 Å². The summed E-state index contributed by atoms with van der Waals surface area (Å²) in [6.07, 6.45) is -10.4. The molecule has 19 heavy (non-hydrogen) atoms. The first kappa shape index (κ1) is 15.8. The van der Waals surface area contributed by atoms with Gasteiger partial charge in [0.05, 0.1) is 0 Å². The largest absolute Gasteiger partial charge is 0.499 e. The highest BCUT2D eigenvalue weighted by atomic mass is 79.9. The molecule has 0 aliphatic carbocycles. The molecule has 7 heteroatoms. The van der Waals surface area contributed by atoms with Gasteiger partial charge in [0.2, 0.25) is 0 Å². The van der Waals surface area contributed by atoms with Gasteiger partial charge >= 0.3 is 12.3 Å². The van der Waals surface area contributed by atoms with E-state index in [-0.39, 0.29) is 0 Å². The number of alkyl halides is 6. The Morgan fingerprint density at radius 1 is 1.05 bits per heavy atom. The van der Waals surface area contributed by atoms with Crippen LogP contribution in [0.3, 0.4) is 0 Å². The Kier molecular flexibility index (Phi) is 5.18. The molecule has 0 saturated carbocycles. The lowest BCUT2D eigenvalue weighted by molar-refractivity contribution is -0.360. The average molecular weight is 343 g/mol. The van der Waals surface area contributed by atoms with E-state index >= 15 is 0 Å². The molecule has 1 aromatic carbocycles. The Labute approximate surface area is 114 Å². The molecule has 0 heterocycles. The minimum absolute atomic E-state index is 0.503. The van der Waals surface area contributed by atoms with E-state index in [2.05, 4.69) is 32.5 Å². The normalized spacial score (nSPS) is 11.7. The zero-order chi connectivity index (χ0) is 14.5. The first-order valence-corrected chi connectivity index (χ1v) is 6.17. The third kappa shape index (κ3) is 4.71. The van der Waals surface area contributed by atoms with Crippen molar-refractivity contribution in [1.29, 1.82) is 0 Å². The molecule has 0 aliphatic heterocycles. The van der Waals surface area contributed by atoms with E-state index in [0.717, 1.165) is 12.1 Å². The lowest BCUT2D eigenvalue weighted by Crippen LogP contribution is -2.41. The summed E-state index contributed by atoms with van der Waals surface area (Å²) in [5, 5.41) is 0.693. The maximum absolute atomic E-state index is 12.6. The molecule has 0 fully saturated rings. The van der Waals surface area contributed by atoms with Crippen molar-refractivity contribution >= 4 is 15.9 Å². The van der Waals surface area contributed by atoms with Gasteiger partial charge in [0.25, 0.3) is 0 Å². The van der Waals surface area contributed by atoms with Crippen LogP contribution in [0.2, 0.25) is 0 Å². The first-order chi connectivity index (χ1) is 8.76. The lowest BCUT2D eigenvalue weighted by Gasteiger charge is -2.20. The summed E-state index contributed by atoms with van der Waals surface area (Å²) in [7, 11) is 0. The SMILES string of the molecule is FC(F)(F)C(F)(F)Oc1ccc(C#CCCBr)cc1. The van der Waals surface area contributed by atoms with Crippen molar-refractivity contribution < 1.29 is 26.7 Å². The fourth-order valence-corrected chi connectivity index (χ4v) is 1.22. The fourth-order valence-electron chi connectivity index (χ4n) is 1.02. The van der Waals surface area contributed by atoms with Gasteiger partial charge in [0, 0.05) is 17.3 Å². The molecule has 0 atom stereocenters. The first-order valence-electron chi connectivity index (χ1n) is 5.05. The van der Waals surface area contributed by atoms with Crippen molar-refractivity contribution in [2.24, 2.45) is 0 Å². The molecule has 0 unspecified atom stereocenters. The predicted molar refractivity (Wildman–Crippen MR) is 63.4 cm³/mol. The van der Waals surface area contributed by atoms with Crippen molar-refractivity contribution in [2.75, 3.05) is 5.33 Å². The van der Waals surface area contributed by atoms with Crippen molar-refractivity contribution in [3.63, 3.8) is 0 Å². The Morgan fingerprint density at radius 2 is 1.63 bits per heavy atom. The van der Waals surface area contributed by atoms with E-state index < -0.39 is 18.0 Å². The quantitative estimate of drug-likeness (QED) is 0.450. The summed E-state index contributed by atoms with van der Waals surface area (Å²) < 4.78 is 64.5. The molecule has 0 N–H and O–H groups in total. The minimum atomic E-state index is -5.75. The Hall–Kier alpha value is -1.29. The number of hydrogen-bond donors (Lipinski definition) is 0. The molecule has 0 radical (unpaired) electrons. The summed E-state index contributed by atoms with van der Waals surface area (Å²) in [6, 6.07) is 4.64. The average Bonchev–Trinajstić information content (AvgIpc) is 2.30. The van der Waals surface area contributed by atoms with Gasteiger partial charge in [-0.3, -0.25) is 0 Å². The van der Waals surface area contributed by atoms with E-state index in [9.17, 15) is 22.0 Å². The van der Waals surface area contributed by atoms with Crippen LogP contribution in [0, 0.1) is 11.8 Å². The van der Waals surface area contributed by atoms with Gasteiger partial charge in [-0.05, 0) is 24.3 Å². The van der Waals surface area contributed by atoms with Crippen molar-refractivity contribution in [3.8, 4) is 17.6 Å². The molecular weight excluding hydrogens is 335 g/mol. The monoisotopic (exact) mass is 342 g/mol. The molecule has 104 valence electrons. The molecule has 0 aliphatic rings. The molecular formula is C12H8BrF5O. The van der Waals surface area contributed by atoms with Gasteiger partial charge in [-0.15, -0.1) is 0 Å². The Balaban J connectivity index is 2.76. The second-order valence-corrected chi connectivity index (χ2v) is 4.17. The summed E-state index contributed by atoms with van der Waals surface area (Å²) >= 11 is 3.17. The Bertz CT molecular complexity index is 470. The van der Waals surface area contributed by atoms with Gasteiger partial charge in [-0.25, -0.2) is 0 Å². The third-order valence-corrected chi connectivity index (χ3v) is 2.28. The third-order valence-electron chi connectivity index (χ3n) is 1.88. The minimum Gasteiger partial charge on any atom is -0.426 e. The van der Waals surface area contributed by atoms with E-state index in [1.165, 1.54) is 12.1 Å². The van der Waals surface area contributed by atoms with E-state index in [1.54, 1.807) is 0 Å². The van der Waals surface area contributed by atoms with E-state index in [1.807, 2.05) is 0 Å². The number of benzene rings is 1. The van der Waals surface area contributed by atoms with Gasteiger partial charge in [-0.1, -0.05) is 27.8 Å². The topological polar surface area (TPSA) is 9.23 Å². The van der Waals surface area contributed by atoms with Crippen molar-refractivity contribution in [3.05, 3.63) is 29.8 Å². The van der Waals surface area contributed by atoms with Crippen LogP contribution in [0.15, 0.2) is 24.3 Å². The maximum Gasteiger partial charge on any atom is 0.499 e. The molecule has 0 bridgehead atoms. The molecule has 1 aromatic rings. The van der Waals surface area contributed by atoms with Crippen LogP contribution in [-0.2, 0) is 0 Å². The zero-order valence-corrected chi connectivity index (χ0v) is 11.0. The van der Waals surface area contributed by atoms with Gasteiger partial charge in [0.15, 0.2) is 0 Å². The second-order valence-electron chi connectivity index (χ2n) is 3.38. The van der Waals surface area contributed by atoms with Crippen molar-refractivity contribution in [2.45, 2.75) is 18.7 Å².